The lowest BCUT2D eigenvalue weighted by atomic mass is 9.72. The highest BCUT2D eigenvalue weighted by Crippen LogP contribution is 2.49. The Hall–Kier alpha value is -1.86. The summed E-state index contributed by atoms with van der Waals surface area (Å²) < 4.78 is 60.8. The Kier molecular flexibility index (Phi) is 5.22. The zero-order chi connectivity index (χ0) is 19.9. The maximum Gasteiger partial charge on any atom is 0.416 e. The SMILES string of the molecule is CNC[C@H]1CC[C@@H]2[C@H](O1)c1cc(C(F)(F)F)cc(F)c1N[C@H]2C1C=CC=CC1. The van der Waals surface area contributed by atoms with Crippen molar-refractivity contribution in [2.75, 3.05) is 18.9 Å². The maximum atomic E-state index is 14.7. The molecule has 0 aromatic heterocycles. The summed E-state index contributed by atoms with van der Waals surface area (Å²) in [6.45, 7) is 0.615. The van der Waals surface area contributed by atoms with Crippen molar-refractivity contribution in [2.45, 2.75) is 43.7 Å². The van der Waals surface area contributed by atoms with Gasteiger partial charge in [0.15, 0.2) is 0 Å². The summed E-state index contributed by atoms with van der Waals surface area (Å²) in [5.74, 6) is -0.732. The lowest BCUT2D eigenvalue weighted by molar-refractivity contribution is -0.138. The van der Waals surface area contributed by atoms with Crippen molar-refractivity contribution in [1.82, 2.24) is 5.32 Å². The number of fused-ring (bicyclic) bond motifs is 3. The van der Waals surface area contributed by atoms with Crippen LogP contribution in [-0.2, 0) is 10.9 Å². The van der Waals surface area contributed by atoms with Gasteiger partial charge in [-0.05, 0) is 38.4 Å². The molecular formula is C21H24F4N2O. The van der Waals surface area contributed by atoms with Crippen molar-refractivity contribution < 1.29 is 22.3 Å². The number of hydrogen-bond acceptors (Lipinski definition) is 3. The van der Waals surface area contributed by atoms with Crippen LogP contribution in [0.25, 0.3) is 0 Å². The molecule has 5 atom stereocenters. The first-order valence-electron chi connectivity index (χ1n) is 9.69. The first-order valence-corrected chi connectivity index (χ1v) is 9.69. The van der Waals surface area contributed by atoms with Gasteiger partial charge in [-0.15, -0.1) is 0 Å². The molecule has 2 N–H and O–H groups in total. The molecule has 0 spiro atoms. The molecule has 4 rings (SSSR count). The number of anilines is 1. The van der Waals surface area contributed by atoms with Crippen LogP contribution in [0.4, 0.5) is 23.2 Å². The van der Waals surface area contributed by atoms with Gasteiger partial charge in [0, 0.05) is 30.0 Å². The number of ether oxygens (including phenoxy) is 1. The number of nitrogens with one attached hydrogen (secondary N) is 2. The molecule has 1 aromatic carbocycles. The van der Waals surface area contributed by atoms with Crippen molar-refractivity contribution in [3.63, 3.8) is 0 Å². The second kappa shape index (κ2) is 7.52. The van der Waals surface area contributed by atoms with Crippen molar-refractivity contribution in [3.8, 4) is 0 Å². The molecule has 0 radical (unpaired) electrons. The second-order valence-corrected chi connectivity index (χ2v) is 7.78. The molecule has 0 saturated carbocycles. The van der Waals surface area contributed by atoms with Crippen LogP contribution in [0.3, 0.4) is 0 Å². The van der Waals surface area contributed by atoms with Crippen molar-refractivity contribution in [2.24, 2.45) is 11.8 Å². The first-order chi connectivity index (χ1) is 13.4. The van der Waals surface area contributed by atoms with Gasteiger partial charge in [0.1, 0.15) is 5.82 Å². The van der Waals surface area contributed by atoms with Crippen LogP contribution in [0.5, 0.6) is 0 Å². The predicted octanol–water partition coefficient (Wildman–Crippen LogP) is 4.83. The molecule has 1 saturated heterocycles. The minimum absolute atomic E-state index is 0.00959. The molecule has 7 heteroatoms. The van der Waals surface area contributed by atoms with E-state index in [-0.39, 0.29) is 35.2 Å². The largest absolute Gasteiger partial charge is 0.416 e. The van der Waals surface area contributed by atoms with E-state index in [1.54, 1.807) is 0 Å². The lowest BCUT2D eigenvalue weighted by Crippen LogP contribution is -2.48. The third-order valence-electron chi connectivity index (χ3n) is 5.98. The summed E-state index contributed by atoms with van der Waals surface area (Å²) >= 11 is 0. The van der Waals surface area contributed by atoms with Gasteiger partial charge in [-0.3, -0.25) is 0 Å². The number of likely N-dealkylation sites (N-methyl/N-ethyl adjacent to an activating group) is 1. The van der Waals surface area contributed by atoms with Gasteiger partial charge < -0.3 is 15.4 Å². The number of benzene rings is 1. The van der Waals surface area contributed by atoms with Gasteiger partial charge in [-0.1, -0.05) is 24.3 Å². The fourth-order valence-electron chi connectivity index (χ4n) is 4.69. The summed E-state index contributed by atoms with van der Waals surface area (Å²) in [6.07, 6.45) is 5.30. The highest BCUT2D eigenvalue weighted by Gasteiger charge is 2.45. The van der Waals surface area contributed by atoms with E-state index >= 15 is 0 Å². The van der Waals surface area contributed by atoms with Gasteiger partial charge in [-0.2, -0.15) is 13.2 Å². The third kappa shape index (κ3) is 3.57. The summed E-state index contributed by atoms with van der Waals surface area (Å²) in [5.41, 5.74) is -0.542. The van der Waals surface area contributed by atoms with Crippen LogP contribution in [0.1, 0.15) is 36.5 Å². The molecule has 1 aliphatic carbocycles. The topological polar surface area (TPSA) is 33.3 Å². The van der Waals surface area contributed by atoms with E-state index in [2.05, 4.69) is 22.8 Å². The molecule has 1 unspecified atom stereocenters. The fourth-order valence-corrected chi connectivity index (χ4v) is 4.69. The zero-order valence-corrected chi connectivity index (χ0v) is 15.6. The molecule has 2 aliphatic heterocycles. The molecule has 0 amide bonds. The minimum atomic E-state index is -4.60. The molecule has 2 heterocycles. The number of alkyl halides is 3. The molecule has 1 aromatic rings. The molecular weight excluding hydrogens is 372 g/mol. The summed E-state index contributed by atoms with van der Waals surface area (Å²) in [5, 5.41) is 6.30. The smallest absolute Gasteiger partial charge is 0.379 e. The minimum Gasteiger partial charge on any atom is -0.379 e. The van der Waals surface area contributed by atoms with E-state index in [4.69, 9.17) is 4.74 Å². The third-order valence-corrected chi connectivity index (χ3v) is 5.98. The molecule has 152 valence electrons. The van der Waals surface area contributed by atoms with Gasteiger partial charge in [0.25, 0.3) is 0 Å². The van der Waals surface area contributed by atoms with Crippen molar-refractivity contribution in [3.05, 3.63) is 53.4 Å². The number of allylic oxidation sites excluding steroid dienone is 3. The standard InChI is InChI=1S/C21H24F4N2O/c1-26-11-14-7-8-15-18(12-5-3-2-4-6-12)27-19-16(20(15)28-14)9-13(10-17(19)22)21(23,24)25/h2-5,9-10,12,14-15,18,20,26-27H,6-8,11H2,1H3/t12?,14-,15+,18+,20+/m1/s1. The van der Waals surface area contributed by atoms with Crippen molar-refractivity contribution >= 4 is 5.69 Å². The van der Waals surface area contributed by atoms with Crippen LogP contribution in [0.2, 0.25) is 0 Å². The molecule has 28 heavy (non-hydrogen) atoms. The van der Waals surface area contributed by atoms with E-state index in [1.165, 1.54) is 0 Å². The lowest BCUT2D eigenvalue weighted by Gasteiger charge is -2.47. The highest BCUT2D eigenvalue weighted by molar-refractivity contribution is 5.59. The van der Waals surface area contributed by atoms with Crippen LogP contribution in [0, 0.1) is 17.7 Å². The number of halogens is 4. The quantitative estimate of drug-likeness (QED) is 0.719. The Balaban J connectivity index is 1.75. The molecule has 3 aliphatic rings. The summed E-state index contributed by atoms with van der Waals surface area (Å²) in [6, 6.07) is 1.55. The van der Waals surface area contributed by atoms with Crippen LogP contribution in [-0.4, -0.2) is 25.7 Å². The van der Waals surface area contributed by atoms with E-state index in [1.807, 2.05) is 19.2 Å². The average Bonchev–Trinajstić information content (AvgIpc) is 2.67. The van der Waals surface area contributed by atoms with E-state index in [0.717, 1.165) is 25.3 Å². The van der Waals surface area contributed by atoms with Gasteiger partial charge in [0.05, 0.1) is 23.5 Å². The molecule has 1 fully saturated rings. The number of hydrogen-bond donors (Lipinski definition) is 2. The van der Waals surface area contributed by atoms with E-state index in [0.29, 0.717) is 12.6 Å². The summed E-state index contributed by atoms with van der Waals surface area (Å²) in [4.78, 5) is 0. The predicted molar refractivity (Wildman–Crippen MR) is 99.5 cm³/mol. The van der Waals surface area contributed by atoms with Crippen molar-refractivity contribution in [1.29, 1.82) is 0 Å². The monoisotopic (exact) mass is 396 g/mol. The van der Waals surface area contributed by atoms with E-state index in [9.17, 15) is 17.6 Å². The van der Waals surface area contributed by atoms with E-state index < -0.39 is 23.7 Å². The Bertz CT molecular complexity index is 789. The molecule has 0 bridgehead atoms. The van der Waals surface area contributed by atoms with Crippen LogP contribution < -0.4 is 10.6 Å². The summed E-state index contributed by atoms with van der Waals surface area (Å²) in [7, 11) is 1.81. The van der Waals surface area contributed by atoms with Crippen LogP contribution in [0.15, 0.2) is 36.4 Å². The van der Waals surface area contributed by atoms with Gasteiger partial charge >= 0.3 is 6.18 Å². The normalized spacial score (nSPS) is 31.8. The Morgan fingerprint density at radius 3 is 2.71 bits per heavy atom. The fraction of sp³-hybridized carbons (Fsp3) is 0.524. The average molecular weight is 396 g/mol. The Morgan fingerprint density at radius 2 is 2.04 bits per heavy atom. The Labute approximate surface area is 161 Å². The van der Waals surface area contributed by atoms with Gasteiger partial charge in [-0.25, -0.2) is 4.39 Å². The zero-order valence-electron chi connectivity index (χ0n) is 15.6. The van der Waals surface area contributed by atoms with Crippen LogP contribution >= 0.6 is 0 Å². The number of rotatable bonds is 3. The maximum absolute atomic E-state index is 14.7. The first kappa shape index (κ1) is 19.5. The molecule has 3 nitrogen and oxygen atoms in total. The highest BCUT2D eigenvalue weighted by atomic mass is 19.4. The van der Waals surface area contributed by atoms with Gasteiger partial charge in [0.2, 0.25) is 0 Å². The Morgan fingerprint density at radius 1 is 1.21 bits per heavy atom. The second-order valence-electron chi connectivity index (χ2n) is 7.78.